The molecule has 15 heavy (non-hydrogen) atoms. The molecular weight excluding hydrogens is 208 g/mol. The Kier molecular flexibility index (Phi) is 6.10. The van der Waals surface area contributed by atoms with Gasteiger partial charge in [0.05, 0.1) is 0 Å². The third-order valence-electron chi connectivity index (χ3n) is 2.82. The third-order valence-corrected chi connectivity index (χ3v) is 3.14. The Morgan fingerprint density at radius 1 is 1.27 bits per heavy atom. The molecule has 0 aromatic rings. The van der Waals surface area contributed by atoms with Crippen molar-refractivity contribution in [1.82, 2.24) is 9.80 Å². The smallest absolute Gasteiger partial charge is 0.222 e. The van der Waals surface area contributed by atoms with Gasteiger partial charge < -0.3 is 4.90 Å². The van der Waals surface area contributed by atoms with Crippen molar-refractivity contribution in [1.29, 1.82) is 0 Å². The molecule has 1 aliphatic rings. The normalized spacial score (nSPS) is 18.1. The number of piperazine rings is 1. The molecule has 1 heterocycles. The molecule has 0 bridgehead atoms. The van der Waals surface area contributed by atoms with E-state index in [-0.39, 0.29) is 0 Å². The van der Waals surface area contributed by atoms with Crippen molar-refractivity contribution in [3.8, 4) is 0 Å². The maximum Gasteiger partial charge on any atom is 0.222 e. The van der Waals surface area contributed by atoms with Crippen LogP contribution in [0.2, 0.25) is 0 Å². The van der Waals surface area contributed by atoms with Gasteiger partial charge in [0.25, 0.3) is 0 Å². The molecule has 0 unspecified atom stereocenters. The summed E-state index contributed by atoms with van der Waals surface area (Å²) in [7, 11) is 0. The number of carbonyl (C=O) groups excluding carboxylic acids is 1. The average molecular weight is 230 g/mol. The second-order valence-corrected chi connectivity index (χ2v) is 4.50. The number of thiol groups is 1. The summed E-state index contributed by atoms with van der Waals surface area (Å²) < 4.78 is 0. The lowest BCUT2D eigenvalue weighted by molar-refractivity contribution is -0.132. The van der Waals surface area contributed by atoms with E-state index in [2.05, 4.69) is 24.5 Å². The number of hydrogen-bond acceptors (Lipinski definition) is 3. The van der Waals surface area contributed by atoms with Crippen molar-refractivity contribution in [2.75, 3.05) is 38.5 Å². The summed E-state index contributed by atoms with van der Waals surface area (Å²) in [5.74, 6) is 1.28. The first-order chi connectivity index (χ1) is 7.27. The van der Waals surface area contributed by atoms with Crippen LogP contribution in [-0.4, -0.2) is 54.2 Å². The van der Waals surface area contributed by atoms with Gasteiger partial charge in [0.2, 0.25) is 5.91 Å². The fraction of sp³-hybridized carbons (Fsp3) is 0.909. The van der Waals surface area contributed by atoms with Gasteiger partial charge in [-0.05, 0) is 25.1 Å². The van der Waals surface area contributed by atoms with Gasteiger partial charge in [0.15, 0.2) is 0 Å². The number of nitrogens with zero attached hydrogens (tertiary/aromatic N) is 2. The van der Waals surface area contributed by atoms with Crippen LogP contribution in [0.5, 0.6) is 0 Å². The molecule has 88 valence electrons. The third kappa shape index (κ3) is 4.43. The summed E-state index contributed by atoms with van der Waals surface area (Å²) in [6.45, 7) is 7.06. The van der Waals surface area contributed by atoms with Crippen molar-refractivity contribution in [2.24, 2.45) is 0 Å². The SMILES string of the molecule is CCCC(=O)N1CCN(CCCS)CC1. The van der Waals surface area contributed by atoms with Crippen molar-refractivity contribution in [3.63, 3.8) is 0 Å². The first-order valence-electron chi connectivity index (χ1n) is 5.89. The highest BCUT2D eigenvalue weighted by Gasteiger charge is 2.19. The molecule has 0 aromatic heterocycles. The van der Waals surface area contributed by atoms with E-state index in [9.17, 15) is 4.79 Å². The summed E-state index contributed by atoms with van der Waals surface area (Å²) in [6, 6.07) is 0. The van der Waals surface area contributed by atoms with Crippen LogP contribution in [0.1, 0.15) is 26.2 Å². The van der Waals surface area contributed by atoms with E-state index in [0.29, 0.717) is 12.3 Å². The second-order valence-electron chi connectivity index (χ2n) is 4.05. The molecule has 1 rings (SSSR count). The molecule has 0 atom stereocenters. The second kappa shape index (κ2) is 7.12. The van der Waals surface area contributed by atoms with E-state index in [0.717, 1.165) is 51.3 Å². The Hall–Kier alpha value is -0.220. The molecule has 0 N–H and O–H groups in total. The molecule has 0 spiro atoms. The summed E-state index contributed by atoms with van der Waals surface area (Å²) in [5.41, 5.74) is 0. The molecule has 0 aromatic carbocycles. The highest BCUT2D eigenvalue weighted by Crippen LogP contribution is 2.05. The first kappa shape index (κ1) is 12.8. The minimum Gasteiger partial charge on any atom is -0.340 e. The summed E-state index contributed by atoms with van der Waals surface area (Å²) in [5, 5.41) is 0. The van der Waals surface area contributed by atoms with E-state index in [1.807, 2.05) is 4.90 Å². The highest BCUT2D eigenvalue weighted by atomic mass is 32.1. The minimum atomic E-state index is 0.325. The molecule has 0 radical (unpaired) electrons. The van der Waals surface area contributed by atoms with Gasteiger partial charge in [-0.2, -0.15) is 12.6 Å². The van der Waals surface area contributed by atoms with Gasteiger partial charge >= 0.3 is 0 Å². The van der Waals surface area contributed by atoms with Gasteiger partial charge in [-0.15, -0.1) is 0 Å². The van der Waals surface area contributed by atoms with Crippen LogP contribution in [0.25, 0.3) is 0 Å². The van der Waals surface area contributed by atoms with E-state index in [1.54, 1.807) is 0 Å². The molecule has 1 amide bonds. The Morgan fingerprint density at radius 3 is 2.47 bits per heavy atom. The number of carbonyl (C=O) groups is 1. The van der Waals surface area contributed by atoms with Crippen LogP contribution in [0.3, 0.4) is 0 Å². The van der Waals surface area contributed by atoms with Crippen molar-refractivity contribution >= 4 is 18.5 Å². The number of rotatable bonds is 5. The maximum absolute atomic E-state index is 11.6. The molecule has 1 saturated heterocycles. The fourth-order valence-corrected chi connectivity index (χ4v) is 2.03. The first-order valence-corrected chi connectivity index (χ1v) is 6.52. The predicted octanol–water partition coefficient (Wildman–Crippen LogP) is 1.25. The van der Waals surface area contributed by atoms with Gasteiger partial charge in [-0.1, -0.05) is 6.92 Å². The van der Waals surface area contributed by atoms with E-state index in [1.165, 1.54) is 0 Å². The van der Waals surface area contributed by atoms with Gasteiger partial charge in [0.1, 0.15) is 0 Å². The zero-order valence-corrected chi connectivity index (χ0v) is 10.5. The van der Waals surface area contributed by atoms with Gasteiger partial charge in [-0.3, -0.25) is 9.69 Å². The summed E-state index contributed by atoms with van der Waals surface area (Å²) in [6.07, 6.45) is 2.81. The molecular formula is C11H22N2OS. The average Bonchev–Trinajstić information content (AvgIpc) is 2.27. The quantitative estimate of drug-likeness (QED) is 0.719. The maximum atomic E-state index is 11.6. The van der Waals surface area contributed by atoms with Crippen LogP contribution in [0.4, 0.5) is 0 Å². The van der Waals surface area contributed by atoms with Crippen LogP contribution in [0, 0.1) is 0 Å². The fourth-order valence-electron chi connectivity index (χ4n) is 1.89. The Balaban J connectivity index is 2.20. The predicted molar refractivity (Wildman–Crippen MR) is 66.4 cm³/mol. The highest BCUT2D eigenvalue weighted by molar-refractivity contribution is 7.80. The lowest BCUT2D eigenvalue weighted by Gasteiger charge is -2.34. The van der Waals surface area contributed by atoms with Crippen molar-refractivity contribution in [2.45, 2.75) is 26.2 Å². The van der Waals surface area contributed by atoms with Gasteiger partial charge in [0, 0.05) is 32.6 Å². The summed E-state index contributed by atoms with van der Waals surface area (Å²) in [4.78, 5) is 16.0. The Labute approximate surface area is 98.2 Å². The standard InChI is InChI=1S/C11H22N2OS/c1-2-4-11(14)13-8-6-12(7-9-13)5-3-10-15/h15H,2-10H2,1H3. The van der Waals surface area contributed by atoms with Crippen LogP contribution in [-0.2, 0) is 4.79 Å². The lowest BCUT2D eigenvalue weighted by atomic mass is 10.2. The van der Waals surface area contributed by atoms with Gasteiger partial charge in [-0.25, -0.2) is 0 Å². The minimum absolute atomic E-state index is 0.325. The monoisotopic (exact) mass is 230 g/mol. The lowest BCUT2D eigenvalue weighted by Crippen LogP contribution is -2.48. The van der Waals surface area contributed by atoms with Crippen LogP contribution >= 0.6 is 12.6 Å². The molecule has 1 fully saturated rings. The van der Waals surface area contributed by atoms with E-state index in [4.69, 9.17) is 0 Å². The number of amides is 1. The molecule has 4 heteroatoms. The molecule has 0 saturated carbocycles. The molecule has 1 aliphatic heterocycles. The van der Waals surface area contributed by atoms with Crippen LogP contribution in [0.15, 0.2) is 0 Å². The summed E-state index contributed by atoms with van der Waals surface area (Å²) >= 11 is 4.21. The largest absolute Gasteiger partial charge is 0.340 e. The number of hydrogen-bond donors (Lipinski definition) is 1. The Bertz CT molecular complexity index is 191. The topological polar surface area (TPSA) is 23.6 Å². The van der Waals surface area contributed by atoms with Crippen LogP contribution < -0.4 is 0 Å². The molecule has 3 nitrogen and oxygen atoms in total. The van der Waals surface area contributed by atoms with E-state index >= 15 is 0 Å². The zero-order valence-electron chi connectivity index (χ0n) is 9.61. The van der Waals surface area contributed by atoms with Crippen molar-refractivity contribution < 1.29 is 4.79 Å². The van der Waals surface area contributed by atoms with Crippen molar-refractivity contribution in [3.05, 3.63) is 0 Å². The molecule has 0 aliphatic carbocycles. The van der Waals surface area contributed by atoms with E-state index < -0.39 is 0 Å². The Morgan fingerprint density at radius 2 is 1.93 bits per heavy atom. The zero-order chi connectivity index (χ0) is 11.1.